The maximum absolute atomic E-state index is 12.8. The van der Waals surface area contributed by atoms with Gasteiger partial charge in [-0.3, -0.25) is 9.59 Å². The van der Waals surface area contributed by atoms with Gasteiger partial charge in [-0.2, -0.15) is 0 Å². The highest BCUT2D eigenvalue weighted by atomic mass is 16.5. The van der Waals surface area contributed by atoms with Crippen LogP contribution in [0.1, 0.15) is 32.1 Å². The highest BCUT2D eigenvalue weighted by Gasteiger charge is 2.35. The summed E-state index contributed by atoms with van der Waals surface area (Å²) in [6.45, 7) is 0. The third kappa shape index (κ3) is 1.67. The second-order valence-corrected chi connectivity index (χ2v) is 4.72. The van der Waals surface area contributed by atoms with E-state index in [1.807, 2.05) is 0 Å². The van der Waals surface area contributed by atoms with Crippen LogP contribution in [-0.4, -0.2) is 21.9 Å². The molecule has 6 heteroatoms. The van der Waals surface area contributed by atoms with Crippen molar-refractivity contribution in [3.63, 3.8) is 0 Å². The van der Waals surface area contributed by atoms with Crippen molar-refractivity contribution < 1.29 is 18.6 Å². The van der Waals surface area contributed by atoms with E-state index >= 15 is 0 Å². The zero-order valence-corrected chi connectivity index (χ0v) is 11.1. The third-order valence-electron chi connectivity index (χ3n) is 3.51. The maximum atomic E-state index is 12.8. The molecular formula is C16H8N2O4. The van der Waals surface area contributed by atoms with Crippen LogP contribution in [0.5, 0.6) is 0 Å². The van der Waals surface area contributed by atoms with E-state index in [4.69, 9.17) is 9.05 Å². The first kappa shape index (κ1) is 12.5. The quantitative estimate of drug-likeness (QED) is 0.721. The summed E-state index contributed by atoms with van der Waals surface area (Å²) in [5, 5.41) is 7.59. The molecule has 4 rings (SSSR count). The normalized spacial score (nSPS) is 14.4. The number of Topliss-reactive ketones (excluding diaryl/α,β-unsaturated/α-hetero) is 2. The average Bonchev–Trinajstić information content (AvgIpc) is 3.23. The van der Waals surface area contributed by atoms with Crippen LogP contribution in [0.2, 0.25) is 0 Å². The molecule has 0 aliphatic heterocycles. The number of allylic oxidation sites excluding steroid dienone is 2. The molecule has 22 heavy (non-hydrogen) atoms. The van der Waals surface area contributed by atoms with Gasteiger partial charge >= 0.3 is 0 Å². The van der Waals surface area contributed by atoms with Gasteiger partial charge in [0.05, 0.1) is 11.1 Å². The van der Waals surface area contributed by atoms with Gasteiger partial charge in [-0.25, -0.2) is 0 Å². The Bertz CT molecular complexity index is 830. The molecule has 0 fully saturated rings. The summed E-state index contributed by atoms with van der Waals surface area (Å²) in [6, 6.07) is 9.74. The van der Waals surface area contributed by atoms with Crippen LogP contribution in [0, 0.1) is 0 Å². The lowest BCUT2D eigenvalue weighted by Crippen LogP contribution is -2.21. The largest absolute Gasteiger partial charge is 0.364 e. The first-order chi connectivity index (χ1) is 10.8. The summed E-state index contributed by atoms with van der Waals surface area (Å²) in [6.07, 6.45) is 2.70. The van der Waals surface area contributed by atoms with Crippen LogP contribution in [0.3, 0.4) is 0 Å². The molecule has 0 N–H and O–H groups in total. The summed E-state index contributed by atoms with van der Waals surface area (Å²) in [7, 11) is 0. The molecule has 3 aromatic rings. The highest BCUT2D eigenvalue weighted by molar-refractivity contribution is 6.51. The summed E-state index contributed by atoms with van der Waals surface area (Å²) >= 11 is 0. The Morgan fingerprint density at radius 3 is 1.50 bits per heavy atom. The lowest BCUT2D eigenvalue weighted by atomic mass is 9.81. The maximum Gasteiger partial charge on any atom is 0.196 e. The van der Waals surface area contributed by atoms with Crippen molar-refractivity contribution in [3.8, 4) is 0 Å². The fourth-order valence-electron chi connectivity index (χ4n) is 2.55. The van der Waals surface area contributed by atoms with Gasteiger partial charge in [0.15, 0.2) is 11.6 Å². The minimum atomic E-state index is -0.290. The summed E-state index contributed by atoms with van der Waals surface area (Å²) in [5.74, 6) is -0.579. The molecule has 0 saturated heterocycles. The lowest BCUT2D eigenvalue weighted by molar-refractivity contribution is 0.101. The number of ketones is 2. The summed E-state index contributed by atoms with van der Waals surface area (Å²) < 4.78 is 9.63. The van der Waals surface area contributed by atoms with Gasteiger partial charge in [-0.1, -0.05) is 34.6 Å². The predicted molar refractivity (Wildman–Crippen MR) is 74.9 cm³/mol. The number of carbonyl (C=O) groups excluding carboxylic acids is 2. The zero-order valence-electron chi connectivity index (χ0n) is 11.1. The number of fused-ring (bicyclic) bond motifs is 1. The minimum Gasteiger partial charge on any atom is -0.364 e. The topological polar surface area (TPSA) is 86.2 Å². The molecule has 0 radical (unpaired) electrons. The molecule has 6 nitrogen and oxygen atoms in total. The van der Waals surface area contributed by atoms with Gasteiger partial charge in [0.25, 0.3) is 0 Å². The lowest BCUT2D eigenvalue weighted by Gasteiger charge is -2.18. The molecular weight excluding hydrogens is 284 g/mol. The van der Waals surface area contributed by atoms with Gasteiger partial charge in [0.2, 0.25) is 0 Å². The van der Waals surface area contributed by atoms with Crippen LogP contribution in [0.4, 0.5) is 0 Å². The molecule has 1 aromatic carbocycles. The van der Waals surface area contributed by atoms with E-state index < -0.39 is 0 Å². The van der Waals surface area contributed by atoms with E-state index in [0.717, 1.165) is 0 Å². The Morgan fingerprint density at radius 2 is 1.14 bits per heavy atom. The molecule has 1 aliphatic rings. The zero-order chi connectivity index (χ0) is 15.1. The number of rotatable bonds is 2. The minimum absolute atomic E-state index is 0.173. The van der Waals surface area contributed by atoms with Crippen molar-refractivity contribution in [2.45, 2.75) is 0 Å². The molecule has 106 valence electrons. The van der Waals surface area contributed by atoms with Crippen molar-refractivity contribution in [1.29, 1.82) is 0 Å². The number of nitrogens with zero attached hydrogens (tertiary/aromatic N) is 2. The second-order valence-electron chi connectivity index (χ2n) is 4.72. The molecule has 1 aliphatic carbocycles. The van der Waals surface area contributed by atoms with Crippen molar-refractivity contribution in [3.05, 3.63) is 71.4 Å². The Morgan fingerprint density at radius 1 is 0.682 bits per heavy atom. The molecule has 2 aromatic heterocycles. The number of carbonyl (C=O) groups is 2. The fourth-order valence-corrected chi connectivity index (χ4v) is 2.55. The second kappa shape index (κ2) is 4.63. The smallest absolute Gasteiger partial charge is 0.196 e. The summed E-state index contributed by atoms with van der Waals surface area (Å²) in [4.78, 5) is 25.6. The fraction of sp³-hybridized carbons (Fsp3) is 0. The Balaban J connectivity index is 2.06. The third-order valence-corrected chi connectivity index (χ3v) is 3.51. The van der Waals surface area contributed by atoms with Crippen molar-refractivity contribution >= 4 is 22.7 Å². The molecule has 0 bridgehead atoms. The van der Waals surface area contributed by atoms with Gasteiger partial charge < -0.3 is 9.05 Å². The van der Waals surface area contributed by atoms with Crippen LogP contribution >= 0.6 is 0 Å². The first-order valence-electron chi connectivity index (χ1n) is 6.51. The van der Waals surface area contributed by atoms with Crippen LogP contribution in [0.15, 0.2) is 58.0 Å². The number of aromatic nitrogens is 2. The van der Waals surface area contributed by atoms with E-state index in [0.29, 0.717) is 22.5 Å². The molecule has 0 atom stereocenters. The molecule has 2 heterocycles. The van der Waals surface area contributed by atoms with E-state index in [2.05, 4.69) is 10.3 Å². The van der Waals surface area contributed by atoms with Gasteiger partial charge in [-0.15, -0.1) is 0 Å². The monoisotopic (exact) mass is 292 g/mol. The van der Waals surface area contributed by atoms with Gasteiger partial charge in [0, 0.05) is 23.3 Å². The average molecular weight is 292 g/mol. The molecule has 0 spiro atoms. The molecule has 0 unspecified atom stereocenters. The Labute approximate surface area is 124 Å². The van der Waals surface area contributed by atoms with Crippen LogP contribution in [0.25, 0.3) is 11.1 Å². The van der Waals surface area contributed by atoms with E-state index in [1.165, 1.54) is 24.7 Å². The van der Waals surface area contributed by atoms with Crippen molar-refractivity contribution in [1.82, 2.24) is 10.3 Å². The Hall–Kier alpha value is -3.28. The van der Waals surface area contributed by atoms with Crippen molar-refractivity contribution in [2.24, 2.45) is 0 Å². The van der Waals surface area contributed by atoms with E-state index in [9.17, 15) is 9.59 Å². The Kier molecular flexibility index (Phi) is 2.62. The number of benzene rings is 1. The molecule has 0 saturated carbocycles. The van der Waals surface area contributed by atoms with Crippen LogP contribution < -0.4 is 0 Å². The van der Waals surface area contributed by atoms with E-state index in [1.54, 1.807) is 24.3 Å². The SMILES string of the molecule is O=C1C(c2ccon2)=C(c2ccon2)C(=O)c2ccccc21. The summed E-state index contributed by atoms with van der Waals surface area (Å²) in [5.41, 5.74) is 1.63. The van der Waals surface area contributed by atoms with Gasteiger partial charge in [-0.05, 0) is 0 Å². The number of hydrogen-bond donors (Lipinski definition) is 0. The standard InChI is InChI=1S/C16H8N2O4/c19-15-9-3-1-2-4-10(9)16(20)14(12-6-8-22-18-12)13(15)11-5-7-21-17-11/h1-8H. The van der Waals surface area contributed by atoms with E-state index in [-0.39, 0.29) is 22.7 Å². The highest BCUT2D eigenvalue weighted by Crippen LogP contribution is 2.36. The molecule has 0 amide bonds. The number of hydrogen-bond acceptors (Lipinski definition) is 6. The van der Waals surface area contributed by atoms with Crippen molar-refractivity contribution in [2.75, 3.05) is 0 Å². The predicted octanol–water partition coefficient (Wildman–Crippen LogP) is 2.65. The van der Waals surface area contributed by atoms with Gasteiger partial charge in [0.1, 0.15) is 23.9 Å². The van der Waals surface area contributed by atoms with Crippen LogP contribution in [-0.2, 0) is 0 Å². The first-order valence-corrected chi connectivity index (χ1v) is 6.51.